The summed E-state index contributed by atoms with van der Waals surface area (Å²) in [6, 6.07) is 0. The van der Waals surface area contributed by atoms with Gasteiger partial charge < -0.3 is 15.3 Å². The van der Waals surface area contributed by atoms with Crippen molar-refractivity contribution < 1.29 is 41.7 Å². The van der Waals surface area contributed by atoms with Gasteiger partial charge in [-0.1, -0.05) is 55.0 Å². The summed E-state index contributed by atoms with van der Waals surface area (Å²) in [6.45, 7) is 7.57. The molecule has 3 aliphatic carbocycles. The normalized spacial score (nSPS) is 28.8. The molecule has 2 fully saturated rings. The van der Waals surface area contributed by atoms with E-state index in [1.165, 1.54) is 5.57 Å². The highest BCUT2D eigenvalue weighted by molar-refractivity contribution is 5.40. The maximum absolute atomic E-state index is 13.1. The van der Waals surface area contributed by atoms with Crippen molar-refractivity contribution in [3.63, 3.8) is 0 Å². The van der Waals surface area contributed by atoms with E-state index in [9.17, 15) is 41.7 Å². The Labute approximate surface area is 220 Å². The molecule has 38 heavy (non-hydrogen) atoms. The average Bonchev–Trinajstić information content (AvgIpc) is 3.47. The molecule has 214 valence electrons. The molecule has 0 heterocycles. The van der Waals surface area contributed by atoms with Crippen molar-refractivity contribution in [1.29, 1.82) is 0 Å². The molecule has 0 aromatic heterocycles. The van der Waals surface area contributed by atoms with Gasteiger partial charge in [0, 0.05) is 0 Å². The Hall–Kier alpha value is -1.84. The van der Waals surface area contributed by atoms with Gasteiger partial charge in [0.1, 0.15) is 0 Å². The zero-order chi connectivity index (χ0) is 28.6. The molecule has 0 aromatic rings. The van der Waals surface area contributed by atoms with Gasteiger partial charge in [0.25, 0.3) is 5.60 Å². The third-order valence-electron chi connectivity index (χ3n) is 8.57. The van der Waals surface area contributed by atoms with Crippen LogP contribution >= 0.6 is 0 Å². The van der Waals surface area contributed by atoms with Crippen LogP contribution in [0.25, 0.3) is 0 Å². The molecule has 0 radical (unpaired) electrons. The van der Waals surface area contributed by atoms with Crippen LogP contribution < -0.4 is 0 Å². The molecule has 3 nitrogen and oxygen atoms in total. The fraction of sp³-hybridized carbons (Fsp3) is 0.655. The van der Waals surface area contributed by atoms with E-state index in [2.05, 4.69) is 25.7 Å². The van der Waals surface area contributed by atoms with E-state index in [1.54, 1.807) is 13.0 Å². The Kier molecular flexibility index (Phi) is 8.86. The summed E-state index contributed by atoms with van der Waals surface area (Å²) in [6.07, 6.45) is 0.884. The summed E-state index contributed by atoms with van der Waals surface area (Å²) in [7, 11) is 0. The van der Waals surface area contributed by atoms with Gasteiger partial charge in [0.05, 0.1) is 12.2 Å². The maximum Gasteiger partial charge on any atom is 0.429 e. The van der Waals surface area contributed by atoms with Crippen LogP contribution in [0.2, 0.25) is 0 Å². The first-order valence-corrected chi connectivity index (χ1v) is 13.1. The van der Waals surface area contributed by atoms with Crippen molar-refractivity contribution in [3.05, 3.63) is 59.8 Å². The minimum absolute atomic E-state index is 0.0103. The molecule has 3 aliphatic rings. The van der Waals surface area contributed by atoms with Gasteiger partial charge in [-0.25, -0.2) is 0 Å². The standard InChI is InChI=1S/C29H38F6O3/c1-4-20(18-22(37)17-19(2)36)8-9-21-7-5-12-25(3)23(21)10-11-24(25)26(15-16-26)13-6-14-27(38,28(30,31)32)29(33,34)35/h4,6,8-9,11,14,19,22-23,36-38H,1,5,7,10,12-13,15-18H2,2-3H3/b14-6-,20-8+,21-9+/t19-,22?,23?,25+/m1/s1. The van der Waals surface area contributed by atoms with Gasteiger partial charge in [-0.15, -0.1) is 0 Å². The molecule has 0 bridgehead atoms. The van der Waals surface area contributed by atoms with Crippen molar-refractivity contribution in [1.82, 2.24) is 0 Å². The monoisotopic (exact) mass is 548 g/mol. The summed E-state index contributed by atoms with van der Waals surface area (Å²) >= 11 is 0. The number of hydrogen-bond acceptors (Lipinski definition) is 3. The molecule has 3 rings (SSSR count). The molecule has 2 unspecified atom stereocenters. The Morgan fingerprint density at radius 1 is 1.13 bits per heavy atom. The zero-order valence-corrected chi connectivity index (χ0v) is 21.9. The quantitative estimate of drug-likeness (QED) is 0.153. The topological polar surface area (TPSA) is 60.7 Å². The van der Waals surface area contributed by atoms with E-state index < -0.39 is 35.6 Å². The van der Waals surface area contributed by atoms with Gasteiger partial charge in [-0.05, 0) is 93.1 Å². The Morgan fingerprint density at radius 3 is 2.29 bits per heavy atom. The van der Waals surface area contributed by atoms with Crippen LogP contribution in [0.5, 0.6) is 0 Å². The number of rotatable bonds is 10. The van der Waals surface area contributed by atoms with E-state index in [1.807, 2.05) is 6.08 Å². The molecule has 2 saturated carbocycles. The molecule has 0 spiro atoms. The van der Waals surface area contributed by atoms with Crippen LogP contribution in [0.3, 0.4) is 0 Å². The second-order valence-corrected chi connectivity index (χ2v) is 11.5. The minimum Gasteiger partial charge on any atom is -0.393 e. The van der Waals surface area contributed by atoms with Crippen LogP contribution in [0.15, 0.2) is 59.8 Å². The first kappa shape index (κ1) is 30.7. The predicted molar refractivity (Wildman–Crippen MR) is 134 cm³/mol. The third kappa shape index (κ3) is 6.15. The SMILES string of the molecule is C=C/C(=C\C=C1/CCC[C@]2(C)C(C3(C/C=C\C(O)(C(F)(F)F)C(F)(F)F)CC3)=CCC12)CC(O)C[C@@H](C)O. The van der Waals surface area contributed by atoms with Crippen molar-refractivity contribution in [2.45, 2.75) is 102 Å². The highest BCUT2D eigenvalue weighted by Gasteiger charge is 2.69. The molecule has 9 heteroatoms. The second-order valence-electron chi connectivity index (χ2n) is 11.5. The van der Waals surface area contributed by atoms with E-state index in [0.29, 0.717) is 19.3 Å². The van der Waals surface area contributed by atoms with Crippen molar-refractivity contribution in [2.75, 3.05) is 0 Å². The first-order chi connectivity index (χ1) is 17.5. The zero-order valence-electron chi connectivity index (χ0n) is 21.9. The van der Waals surface area contributed by atoms with Crippen LogP contribution in [0.4, 0.5) is 26.3 Å². The van der Waals surface area contributed by atoms with Crippen LogP contribution in [-0.4, -0.2) is 45.5 Å². The molecule has 0 aromatic carbocycles. The Bertz CT molecular complexity index is 983. The van der Waals surface area contributed by atoms with Gasteiger partial charge >= 0.3 is 12.4 Å². The van der Waals surface area contributed by atoms with Gasteiger partial charge in [-0.2, -0.15) is 26.3 Å². The van der Waals surface area contributed by atoms with Crippen LogP contribution in [-0.2, 0) is 0 Å². The highest BCUT2D eigenvalue weighted by atomic mass is 19.4. The molecule has 0 amide bonds. The third-order valence-corrected chi connectivity index (χ3v) is 8.57. The number of fused-ring (bicyclic) bond motifs is 1. The van der Waals surface area contributed by atoms with Crippen molar-refractivity contribution in [3.8, 4) is 0 Å². The summed E-state index contributed by atoms with van der Waals surface area (Å²) in [4.78, 5) is 0. The number of aliphatic hydroxyl groups excluding tert-OH is 2. The second kappa shape index (κ2) is 11.0. The lowest BCUT2D eigenvalue weighted by Crippen LogP contribution is -2.55. The predicted octanol–water partition coefficient (Wildman–Crippen LogP) is 7.27. The average molecular weight is 549 g/mol. The Balaban J connectivity index is 1.77. The largest absolute Gasteiger partial charge is 0.429 e. The molecule has 0 saturated heterocycles. The smallest absolute Gasteiger partial charge is 0.393 e. The van der Waals surface area contributed by atoms with Crippen LogP contribution in [0.1, 0.15) is 71.6 Å². The Morgan fingerprint density at radius 2 is 1.76 bits per heavy atom. The molecular formula is C29H38F6O3. The van der Waals surface area contributed by atoms with Crippen molar-refractivity contribution >= 4 is 0 Å². The van der Waals surface area contributed by atoms with E-state index in [4.69, 9.17) is 0 Å². The fourth-order valence-electron chi connectivity index (χ4n) is 6.36. The summed E-state index contributed by atoms with van der Waals surface area (Å²) in [5, 5.41) is 29.1. The lowest BCUT2D eigenvalue weighted by Gasteiger charge is -2.43. The lowest BCUT2D eigenvalue weighted by atomic mass is 9.61. The number of halogens is 6. The highest BCUT2D eigenvalue weighted by Crippen LogP contribution is 2.67. The summed E-state index contributed by atoms with van der Waals surface area (Å²) < 4.78 is 78.4. The number of aliphatic hydroxyl groups is 3. The van der Waals surface area contributed by atoms with E-state index in [0.717, 1.165) is 42.9 Å². The first-order valence-electron chi connectivity index (χ1n) is 13.1. The minimum atomic E-state index is -5.87. The van der Waals surface area contributed by atoms with Crippen molar-refractivity contribution in [2.24, 2.45) is 16.7 Å². The van der Waals surface area contributed by atoms with Gasteiger partial charge in [-0.3, -0.25) is 0 Å². The van der Waals surface area contributed by atoms with Crippen LogP contribution in [0, 0.1) is 16.7 Å². The number of hydrogen-bond donors (Lipinski definition) is 3. The number of alkyl halides is 6. The van der Waals surface area contributed by atoms with E-state index in [-0.39, 0.29) is 30.3 Å². The molecular weight excluding hydrogens is 510 g/mol. The molecule has 3 N–H and O–H groups in total. The van der Waals surface area contributed by atoms with Gasteiger partial charge in [0.15, 0.2) is 0 Å². The fourth-order valence-corrected chi connectivity index (χ4v) is 6.36. The number of allylic oxidation sites excluding steroid dienone is 7. The van der Waals surface area contributed by atoms with Gasteiger partial charge in [0.2, 0.25) is 0 Å². The molecule has 0 aliphatic heterocycles. The maximum atomic E-state index is 13.1. The lowest BCUT2D eigenvalue weighted by molar-refractivity contribution is -0.347. The summed E-state index contributed by atoms with van der Waals surface area (Å²) in [5.74, 6) is 0.180. The van der Waals surface area contributed by atoms with E-state index >= 15 is 0 Å². The molecule has 4 atom stereocenters. The summed E-state index contributed by atoms with van der Waals surface area (Å²) in [5.41, 5.74) is -2.42.